The van der Waals surface area contributed by atoms with E-state index >= 15 is 0 Å². The van der Waals surface area contributed by atoms with Gasteiger partial charge < -0.3 is 4.57 Å². The lowest BCUT2D eigenvalue weighted by Crippen LogP contribution is -2.47. The Labute approximate surface area is 150 Å². The molecule has 1 aromatic heterocycles. The van der Waals surface area contributed by atoms with Gasteiger partial charge in [-0.1, -0.05) is 35.8 Å². The Morgan fingerprint density at radius 3 is 2.88 bits per heavy atom. The van der Waals surface area contributed by atoms with Gasteiger partial charge in [-0.2, -0.15) is 9.30 Å². The molecule has 0 aliphatic carbocycles. The van der Waals surface area contributed by atoms with Gasteiger partial charge in [0, 0.05) is 6.54 Å². The molecule has 0 spiro atoms. The minimum atomic E-state index is -3.44. The topological polar surface area (TPSA) is 71.7 Å². The Morgan fingerprint density at radius 2 is 2.16 bits per heavy atom. The van der Waals surface area contributed by atoms with Crippen molar-refractivity contribution in [3.8, 4) is 12.3 Å². The highest BCUT2D eigenvalue weighted by Crippen LogP contribution is 2.21. The van der Waals surface area contributed by atoms with E-state index in [2.05, 4.69) is 10.9 Å². The summed E-state index contributed by atoms with van der Waals surface area (Å²) in [6.45, 7) is 0.665. The summed E-state index contributed by atoms with van der Waals surface area (Å²) >= 11 is 1.38. The molecule has 2 heterocycles. The smallest absolute Gasteiger partial charge is 0.266 e. The lowest BCUT2D eigenvalue weighted by molar-refractivity contribution is -0.122. The molecule has 3 rings (SSSR count). The van der Waals surface area contributed by atoms with Crippen LogP contribution in [0.5, 0.6) is 0 Å². The van der Waals surface area contributed by atoms with Crippen molar-refractivity contribution in [3.63, 3.8) is 0 Å². The van der Waals surface area contributed by atoms with Gasteiger partial charge in [0.1, 0.15) is 6.04 Å². The van der Waals surface area contributed by atoms with Crippen molar-refractivity contribution in [3.05, 3.63) is 29.1 Å². The van der Waals surface area contributed by atoms with Crippen LogP contribution in [0.25, 0.3) is 10.2 Å². The molecule has 132 valence electrons. The normalized spacial score (nSPS) is 19.8. The fraction of sp³-hybridized carbons (Fsp3) is 0.412. The zero-order valence-electron chi connectivity index (χ0n) is 13.9. The van der Waals surface area contributed by atoms with Gasteiger partial charge in [0.15, 0.2) is 4.80 Å². The van der Waals surface area contributed by atoms with Crippen LogP contribution in [-0.4, -0.2) is 42.0 Å². The summed E-state index contributed by atoms with van der Waals surface area (Å²) in [6.07, 6.45) is 8.66. The number of para-hydroxylation sites is 1. The van der Waals surface area contributed by atoms with Gasteiger partial charge >= 0.3 is 0 Å². The first-order valence-corrected chi connectivity index (χ1v) is 10.7. The van der Waals surface area contributed by atoms with E-state index in [1.807, 2.05) is 28.8 Å². The lowest BCUT2D eigenvalue weighted by atomic mass is 10.0. The number of carbonyl (C=O) groups excluding carboxylic acids is 1. The molecule has 1 unspecified atom stereocenters. The first-order chi connectivity index (χ1) is 11.9. The fourth-order valence-electron chi connectivity index (χ4n) is 3.07. The van der Waals surface area contributed by atoms with Gasteiger partial charge in [0.2, 0.25) is 10.0 Å². The van der Waals surface area contributed by atoms with Crippen LogP contribution in [0, 0.1) is 12.3 Å². The third-order valence-electron chi connectivity index (χ3n) is 4.21. The second-order valence-corrected chi connectivity index (χ2v) is 8.92. The SMILES string of the molecule is C#CCn1c(=NC(=O)C2CCCCN2S(C)(=O)=O)sc2ccccc21. The summed E-state index contributed by atoms with van der Waals surface area (Å²) in [7, 11) is -3.44. The molecule has 1 aliphatic heterocycles. The van der Waals surface area contributed by atoms with E-state index in [0.29, 0.717) is 24.3 Å². The summed E-state index contributed by atoms with van der Waals surface area (Å²) in [4.78, 5) is 17.5. The van der Waals surface area contributed by atoms with E-state index in [4.69, 9.17) is 6.42 Å². The highest BCUT2D eigenvalue weighted by Gasteiger charge is 2.34. The minimum Gasteiger partial charge on any atom is -0.305 e. The summed E-state index contributed by atoms with van der Waals surface area (Å²) < 4.78 is 28.0. The molecular weight excluding hydrogens is 358 g/mol. The molecule has 6 nitrogen and oxygen atoms in total. The predicted molar refractivity (Wildman–Crippen MR) is 98.4 cm³/mol. The standard InChI is InChI=1S/C17H19N3O3S2/c1-3-11-19-13-8-4-5-10-15(13)24-17(19)18-16(21)14-9-6-7-12-20(14)25(2,22)23/h1,4-5,8,10,14H,6-7,9,11-12H2,2H3. The Balaban J connectivity index is 2.05. The molecule has 1 saturated heterocycles. The number of terminal acetylenes is 1. The molecule has 1 aromatic carbocycles. The number of hydrogen-bond acceptors (Lipinski definition) is 4. The molecule has 1 atom stereocenters. The Morgan fingerprint density at radius 1 is 1.40 bits per heavy atom. The van der Waals surface area contributed by atoms with Crippen LogP contribution in [0.3, 0.4) is 0 Å². The van der Waals surface area contributed by atoms with Crippen LogP contribution in [0.2, 0.25) is 0 Å². The number of carbonyl (C=O) groups is 1. The van der Waals surface area contributed by atoms with Crippen molar-refractivity contribution < 1.29 is 13.2 Å². The van der Waals surface area contributed by atoms with Crippen LogP contribution in [0.1, 0.15) is 19.3 Å². The second-order valence-electron chi connectivity index (χ2n) is 5.98. The van der Waals surface area contributed by atoms with Gasteiger partial charge in [-0.25, -0.2) is 8.42 Å². The average molecular weight is 377 g/mol. The molecule has 0 saturated carbocycles. The molecule has 25 heavy (non-hydrogen) atoms. The van der Waals surface area contributed by atoms with Crippen LogP contribution in [-0.2, 0) is 21.4 Å². The third kappa shape index (κ3) is 3.68. The number of nitrogens with zero attached hydrogens (tertiary/aromatic N) is 3. The summed E-state index contributed by atoms with van der Waals surface area (Å²) in [5.74, 6) is 2.15. The molecular formula is C17H19N3O3S2. The number of fused-ring (bicyclic) bond motifs is 1. The van der Waals surface area contributed by atoms with Crippen LogP contribution >= 0.6 is 11.3 Å². The van der Waals surface area contributed by atoms with E-state index < -0.39 is 22.0 Å². The fourth-order valence-corrected chi connectivity index (χ4v) is 5.22. The van der Waals surface area contributed by atoms with Crippen LogP contribution in [0.15, 0.2) is 29.3 Å². The number of aromatic nitrogens is 1. The Kier molecular flexibility index (Phi) is 5.08. The minimum absolute atomic E-state index is 0.302. The highest BCUT2D eigenvalue weighted by molar-refractivity contribution is 7.88. The van der Waals surface area contributed by atoms with E-state index in [-0.39, 0.29) is 0 Å². The number of hydrogen-bond donors (Lipinski definition) is 0. The first-order valence-electron chi connectivity index (χ1n) is 7.99. The number of amides is 1. The Hall–Kier alpha value is -1.95. The number of rotatable bonds is 3. The van der Waals surface area contributed by atoms with Crippen LogP contribution < -0.4 is 4.80 Å². The molecule has 1 amide bonds. The molecule has 0 radical (unpaired) electrons. The van der Waals surface area contributed by atoms with Gasteiger partial charge in [0.05, 0.1) is 23.0 Å². The molecule has 1 aliphatic rings. The maximum absolute atomic E-state index is 12.7. The quantitative estimate of drug-likeness (QED) is 0.763. The van der Waals surface area contributed by atoms with Crippen molar-refractivity contribution in [1.82, 2.24) is 8.87 Å². The van der Waals surface area contributed by atoms with Gasteiger partial charge in [-0.3, -0.25) is 4.79 Å². The number of piperidine rings is 1. The van der Waals surface area contributed by atoms with Gasteiger partial charge in [-0.05, 0) is 25.0 Å². The summed E-state index contributed by atoms with van der Waals surface area (Å²) in [5, 5.41) is 0. The number of thiazole rings is 1. The predicted octanol–water partition coefficient (Wildman–Crippen LogP) is 1.58. The highest BCUT2D eigenvalue weighted by atomic mass is 32.2. The van der Waals surface area contributed by atoms with E-state index in [1.165, 1.54) is 15.6 Å². The van der Waals surface area contributed by atoms with Crippen LogP contribution in [0.4, 0.5) is 0 Å². The van der Waals surface area contributed by atoms with E-state index in [1.54, 1.807) is 0 Å². The zero-order chi connectivity index (χ0) is 18.0. The van der Waals surface area contributed by atoms with E-state index in [0.717, 1.165) is 29.3 Å². The van der Waals surface area contributed by atoms with Gasteiger partial charge in [0.25, 0.3) is 5.91 Å². The third-order valence-corrected chi connectivity index (χ3v) is 6.56. The summed E-state index contributed by atoms with van der Waals surface area (Å²) in [6, 6.07) is 6.96. The maximum Gasteiger partial charge on any atom is 0.266 e. The molecule has 2 aromatic rings. The molecule has 0 bridgehead atoms. The lowest BCUT2D eigenvalue weighted by Gasteiger charge is -2.31. The van der Waals surface area contributed by atoms with E-state index in [9.17, 15) is 13.2 Å². The molecule has 0 N–H and O–H groups in total. The second kappa shape index (κ2) is 7.12. The van der Waals surface area contributed by atoms with Crippen molar-refractivity contribution in [1.29, 1.82) is 0 Å². The van der Waals surface area contributed by atoms with Crippen molar-refractivity contribution in [2.75, 3.05) is 12.8 Å². The number of sulfonamides is 1. The Bertz CT molecular complexity index is 1010. The first kappa shape index (κ1) is 17.9. The monoisotopic (exact) mass is 377 g/mol. The molecule has 8 heteroatoms. The van der Waals surface area contributed by atoms with Crippen molar-refractivity contribution >= 4 is 37.5 Å². The average Bonchev–Trinajstić information content (AvgIpc) is 2.92. The summed E-state index contributed by atoms with van der Waals surface area (Å²) in [5.41, 5.74) is 0.917. The number of benzene rings is 1. The molecule has 1 fully saturated rings. The zero-order valence-corrected chi connectivity index (χ0v) is 15.5. The maximum atomic E-state index is 12.7. The largest absolute Gasteiger partial charge is 0.305 e. The van der Waals surface area contributed by atoms with Gasteiger partial charge in [-0.15, -0.1) is 6.42 Å². The van der Waals surface area contributed by atoms with Crippen molar-refractivity contribution in [2.45, 2.75) is 31.8 Å². The van der Waals surface area contributed by atoms with Crippen molar-refractivity contribution in [2.24, 2.45) is 4.99 Å².